The third-order valence-electron chi connectivity index (χ3n) is 5.68. The number of hydrogen-bond donors (Lipinski definition) is 2. The van der Waals surface area contributed by atoms with E-state index < -0.39 is 11.7 Å². The molecule has 0 aromatic heterocycles. The number of anilines is 2. The smallest absolute Gasteiger partial charge is 0.412 e. The van der Waals surface area contributed by atoms with Crippen LogP contribution in [0.3, 0.4) is 0 Å². The van der Waals surface area contributed by atoms with Gasteiger partial charge in [0.15, 0.2) is 0 Å². The molecule has 172 valence electrons. The average Bonchev–Trinajstić information content (AvgIpc) is 2.75. The van der Waals surface area contributed by atoms with Gasteiger partial charge in [-0.05, 0) is 76.6 Å². The minimum atomic E-state index is -0.567. The van der Waals surface area contributed by atoms with Crippen LogP contribution in [0.1, 0.15) is 68.8 Å². The minimum absolute atomic E-state index is 0.179. The summed E-state index contributed by atoms with van der Waals surface area (Å²) in [5, 5.41) is 5.73. The molecular formula is C26H35N3O3. The summed E-state index contributed by atoms with van der Waals surface area (Å²) in [4.78, 5) is 27.2. The van der Waals surface area contributed by atoms with Gasteiger partial charge in [-0.25, -0.2) is 4.79 Å². The van der Waals surface area contributed by atoms with E-state index in [9.17, 15) is 9.59 Å². The van der Waals surface area contributed by atoms with Crippen LogP contribution in [0.25, 0.3) is 0 Å². The normalized spacial score (nSPS) is 14.8. The molecule has 0 radical (unpaired) electrons. The first-order valence-corrected chi connectivity index (χ1v) is 11.4. The molecule has 2 aromatic rings. The summed E-state index contributed by atoms with van der Waals surface area (Å²) < 4.78 is 5.25. The monoisotopic (exact) mass is 437 g/mol. The number of carbonyl (C=O) groups excluding carboxylic acids is 2. The Bertz CT molecular complexity index is 913. The van der Waals surface area contributed by atoms with E-state index in [1.807, 2.05) is 39.0 Å². The molecule has 1 saturated carbocycles. The molecule has 2 amide bonds. The Balaban J connectivity index is 1.61. The summed E-state index contributed by atoms with van der Waals surface area (Å²) in [6.07, 6.45) is 5.90. The highest BCUT2D eigenvalue weighted by Crippen LogP contribution is 2.25. The number of amides is 2. The molecular weight excluding hydrogens is 402 g/mol. The lowest BCUT2D eigenvalue weighted by molar-refractivity contribution is 0.0636. The van der Waals surface area contributed by atoms with E-state index in [1.54, 1.807) is 24.3 Å². The molecule has 1 fully saturated rings. The third kappa shape index (κ3) is 7.09. The molecule has 0 heterocycles. The van der Waals surface area contributed by atoms with Gasteiger partial charge >= 0.3 is 6.09 Å². The summed E-state index contributed by atoms with van der Waals surface area (Å²) in [6.45, 7) is 6.24. The lowest BCUT2D eigenvalue weighted by Gasteiger charge is -2.31. The Morgan fingerprint density at radius 1 is 0.969 bits per heavy atom. The number of nitrogens with one attached hydrogen (secondary N) is 2. The van der Waals surface area contributed by atoms with Crippen molar-refractivity contribution < 1.29 is 14.3 Å². The molecule has 3 rings (SSSR count). The number of carbonyl (C=O) groups is 2. The van der Waals surface area contributed by atoms with Gasteiger partial charge in [0.05, 0.1) is 0 Å². The van der Waals surface area contributed by atoms with Gasteiger partial charge in [-0.1, -0.05) is 37.5 Å². The number of benzene rings is 2. The van der Waals surface area contributed by atoms with Gasteiger partial charge in [-0.3, -0.25) is 15.0 Å². The standard InChI is InChI=1S/C26H35N3O3/c1-26(2,3)32-25(31)27-21-16-14-19(15-17-21)24(30)28-23-13-9-8-10-20(23)18-29(4)22-11-6-5-7-12-22/h8-10,13-17,22H,5-7,11-12,18H2,1-4H3,(H,27,31)(H,28,30). The van der Waals surface area contributed by atoms with Crippen LogP contribution in [-0.2, 0) is 11.3 Å². The first-order chi connectivity index (χ1) is 15.2. The first-order valence-electron chi connectivity index (χ1n) is 11.4. The second kappa shape index (κ2) is 10.6. The number of nitrogens with zero attached hydrogens (tertiary/aromatic N) is 1. The Labute approximate surface area is 191 Å². The van der Waals surface area contributed by atoms with Crippen molar-refractivity contribution in [2.24, 2.45) is 0 Å². The molecule has 0 spiro atoms. The third-order valence-corrected chi connectivity index (χ3v) is 5.68. The first kappa shape index (κ1) is 23.8. The molecule has 32 heavy (non-hydrogen) atoms. The van der Waals surface area contributed by atoms with Crippen molar-refractivity contribution in [1.29, 1.82) is 0 Å². The molecule has 0 saturated heterocycles. The van der Waals surface area contributed by atoms with Crippen LogP contribution in [0.4, 0.5) is 16.2 Å². The van der Waals surface area contributed by atoms with E-state index in [4.69, 9.17) is 4.74 Å². The van der Waals surface area contributed by atoms with Gasteiger partial charge in [0.2, 0.25) is 0 Å². The van der Waals surface area contributed by atoms with Crippen molar-refractivity contribution in [2.75, 3.05) is 17.7 Å². The molecule has 0 aliphatic heterocycles. The summed E-state index contributed by atoms with van der Waals surface area (Å²) in [6, 6.07) is 15.4. The summed E-state index contributed by atoms with van der Waals surface area (Å²) in [5.74, 6) is -0.179. The fourth-order valence-corrected chi connectivity index (χ4v) is 4.02. The Hall–Kier alpha value is -2.86. The van der Waals surface area contributed by atoms with E-state index >= 15 is 0 Å². The number of para-hydroxylation sites is 1. The fourth-order valence-electron chi connectivity index (χ4n) is 4.02. The van der Waals surface area contributed by atoms with Crippen LogP contribution in [0.2, 0.25) is 0 Å². The average molecular weight is 438 g/mol. The SMILES string of the molecule is CN(Cc1ccccc1NC(=O)c1ccc(NC(=O)OC(C)(C)C)cc1)C1CCCCC1. The topological polar surface area (TPSA) is 70.7 Å². The fraction of sp³-hybridized carbons (Fsp3) is 0.462. The van der Waals surface area contributed by atoms with Gasteiger partial charge in [-0.15, -0.1) is 0 Å². The second-order valence-corrected chi connectivity index (χ2v) is 9.52. The van der Waals surface area contributed by atoms with E-state index in [0.29, 0.717) is 17.3 Å². The van der Waals surface area contributed by atoms with Crippen molar-refractivity contribution in [3.63, 3.8) is 0 Å². The maximum absolute atomic E-state index is 12.8. The van der Waals surface area contributed by atoms with Crippen LogP contribution >= 0.6 is 0 Å². The highest BCUT2D eigenvalue weighted by Gasteiger charge is 2.19. The quantitative estimate of drug-likeness (QED) is 0.577. The van der Waals surface area contributed by atoms with Crippen LogP contribution in [0.15, 0.2) is 48.5 Å². The summed E-state index contributed by atoms with van der Waals surface area (Å²) in [5.41, 5.74) is 2.47. The van der Waals surface area contributed by atoms with Crippen LogP contribution in [-0.4, -0.2) is 35.6 Å². The van der Waals surface area contributed by atoms with E-state index in [-0.39, 0.29) is 5.91 Å². The maximum atomic E-state index is 12.8. The molecule has 6 heteroatoms. The predicted molar refractivity (Wildman–Crippen MR) is 129 cm³/mol. The van der Waals surface area contributed by atoms with Gasteiger partial charge in [0, 0.05) is 29.5 Å². The van der Waals surface area contributed by atoms with Crippen LogP contribution < -0.4 is 10.6 Å². The zero-order valence-corrected chi connectivity index (χ0v) is 19.6. The van der Waals surface area contributed by atoms with Crippen molar-refractivity contribution in [1.82, 2.24) is 4.90 Å². The van der Waals surface area contributed by atoms with Gasteiger partial charge < -0.3 is 10.1 Å². The number of hydrogen-bond acceptors (Lipinski definition) is 4. The van der Waals surface area contributed by atoms with Crippen molar-refractivity contribution in [3.05, 3.63) is 59.7 Å². The van der Waals surface area contributed by atoms with E-state index in [1.165, 1.54) is 32.1 Å². The largest absolute Gasteiger partial charge is 0.444 e. The summed E-state index contributed by atoms with van der Waals surface area (Å²) in [7, 11) is 2.17. The molecule has 1 aliphatic rings. The number of rotatable bonds is 6. The van der Waals surface area contributed by atoms with Crippen LogP contribution in [0, 0.1) is 0 Å². The van der Waals surface area contributed by atoms with Crippen LogP contribution in [0.5, 0.6) is 0 Å². The van der Waals surface area contributed by atoms with Gasteiger partial charge in [0.1, 0.15) is 5.60 Å². The predicted octanol–water partition coefficient (Wildman–Crippen LogP) is 6.05. The molecule has 2 N–H and O–H groups in total. The molecule has 0 bridgehead atoms. The zero-order valence-electron chi connectivity index (χ0n) is 19.6. The second-order valence-electron chi connectivity index (χ2n) is 9.52. The van der Waals surface area contributed by atoms with Crippen molar-refractivity contribution >= 4 is 23.4 Å². The lowest BCUT2D eigenvalue weighted by atomic mass is 9.94. The Morgan fingerprint density at radius 3 is 2.28 bits per heavy atom. The van der Waals surface area contributed by atoms with Crippen molar-refractivity contribution in [2.45, 2.75) is 71.1 Å². The van der Waals surface area contributed by atoms with Gasteiger partial charge in [-0.2, -0.15) is 0 Å². The van der Waals surface area contributed by atoms with Crippen molar-refractivity contribution in [3.8, 4) is 0 Å². The Morgan fingerprint density at radius 2 is 1.62 bits per heavy atom. The summed E-state index contributed by atoms with van der Waals surface area (Å²) >= 11 is 0. The highest BCUT2D eigenvalue weighted by molar-refractivity contribution is 6.05. The van der Waals surface area contributed by atoms with Gasteiger partial charge in [0.25, 0.3) is 5.91 Å². The molecule has 6 nitrogen and oxygen atoms in total. The van der Waals surface area contributed by atoms with E-state index in [2.05, 4.69) is 28.6 Å². The molecule has 1 aliphatic carbocycles. The molecule has 0 atom stereocenters. The Kier molecular flexibility index (Phi) is 7.91. The lowest BCUT2D eigenvalue weighted by Crippen LogP contribution is -2.33. The maximum Gasteiger partial charge on any atom is 0.412 e. The number of ether oxygens (including phenoxy) is 1. The molecule has 2 aromatic carbocycles. The zero-order chi connectivity index (χ0) is 23.1. The van der Waals surface area contributed by atoms with E-state index in [0.717, 1.165) is 17.8 Å². The minimum Gasteiger partial charge on any atom is -0.444 e. The highest BCUT2D eigenvalue weighted by atomic mass is 16.6. The molecule has 0 unspecified atom stereocenters.